The molecule has 1 saturated heterocycles. The third-order valence-electron chi connectivity index (χ3n) is 5.15. The maximum Gasteiger partial charge on any atom is 0.273 e. The van der Waals surface area contributed by atoms with Crippen molar-refractivity contribution in [3.05, 3.63) is 71.6 Å². The summed E-state index contributed by atoms with van der Waals surface area (Å²) in [5.41, 5.74) is 1.25. The maximum absolute atomic E-state index is 12.5. The molecule has 0 unspecified atom stereocenters. The Morgan fingerprint density at radius 1 is 1.12 bits per heavy atom. The molecule has 0 radical (unpaired) electrons. The van der Waals surface area contributed by atoms with Gasteiger partial charge in [-0.2, -0.15) is 0 Å². The summed E-state index contributed by atoms with van der Waals surface area (Å²) in [5.74, 6) is 0.919. The minimum Gasteiger partial charge on any atom is -0.496 e. The average molecular weight is 451 g/mol. The fraction of sp³-hybridized carbons (Fsp3) is 0.292. The van der Waals surface area contributed by atoms with Gasteiger partial charge < -0.3 is 29.4 Å². The van der Waals surface area contributed by atoms with Gasteiger partial charge in [-0.25, -0.2) is 0 Å². The normalized spacial score (nSPS) is 15.1. The summed E-state index contributed by atoms with van der Waals surface area (Å²) in [5, 5.41) is 9.42. The van der Waals surface area contributed by atoms with Gasteiger partial charge in [-0.15, -0.1) is 0 Å². The molecule has 0 bridgehead atoms. The third kappa shape index (κ3) is 5.89. The molecule has 2 heterocycles. The highest BCUT2D eigenvalue weighted by molar-refractivity contribution is 6.06. The van der Waals surface area contributed by atoms with Gasteiger partial charge in [0, 0.05) is 24.9 Å². The number of carbonyl (C=O) groups excluding carboxylic acids is 2. The molecule has 9 nitrogen and oxygen atoms in total. The molecule has 4 rings (SSSR count). The highest BCUT2D eigenvalue weighted by Gasteiger charge is 2.18. The van der Waals surface area contributed by atoms with Gasteiger partial charge in [-0.3, -0.25) is 9.59 Å². The maximum atomic E-state index is 12.5. The number of nitrogens with one attached hydrogen (secondary N) is 2. The summed E-state index contributed by atoms with van der Waals surface area (Å²) in [4.78, 5) is 24.7. The van der Waals surface area contributed by atoms with Crippen molar-refractivity contribution < 1.29 is 28.3 Å². The zero-order valence-corrected chi connectivity index (χ0v) is 18.2. The molecule has 9 heteroatoms. The van der Waals surface area contributed by atoms with Crippen molar-refractivity contribution >= 4 is 17.5 Å². The Hall–Kier alpha value is -3.85. The summed E-state index contributed by atoms with van der Waals surface area (Å²) in [6.45, 7) is 1.30. The van der Waals surface area contributed by atoms with Crippen LogP contribution in [0.15, 0.2) is 59.1 Å². The summed E-state index contributed by atoms with van der Waals surface area (Å²) in [6, 6.07) is 15.5. The first-order chi connectivity index (χ1) is 16.1. The molecule has 2 amide bonds. The molecular weight excluding hydrogens is 426 g/mol. The molecular formula is C24H25N3O6. The van der Waals surface area contributed by atoms with Crippen LogP contribution in [-0.2, 0) is 11.3 Å². The van der Waals surface area contributed by atoms with Crippen molar-refractivity contribution in [3.8, 4) is 11.5 Å². The van der Waals surface area contributed by atoms with Crippen molar-refractivity contribution in [1.29, 1.82) is 0 Å². The SMILES string of the molecule is COc1ccccc1C(=O)Nc1ccc(OCc2cc(C(=O)NC[C@H]3CCCO3)no2)cc1. The van der Waals surface area contributed by atoms with E-state index in [1.54, 1.807) is 54.6 Å². The summed E-state index contributed by atoms with van der Waals surface area (Å²) in [6.07, 6.45) is 2.02. The molecule has 2 aromatic carbocycles. The first kappa shape index (κ1) is 22.3. The van der Waals surface area contributed by atoms with Crippen molar-refractivity contribution in [2.45, 2.75) is 25.6 Å². The highest BCUT2D eigenvalue weighted by atomic mass is 16.5. The number of benzene rings is 2. The van der Waals surface area contributed by atoms with E-state index in [2.05, 4.69) is 15.8 Å². The number of hydrogen-bond donors (Lipinski definition) is 2. The summed E-state index contributed by atoms with van der Waals surface area (Å²) >= 11 is 0. The number of para-hydroxylation sites is 1. The van der Waals surface area contributed by atoms with Crippen LogP contribution in [0.25, 0.3) is 0 Å². The minimum absolute atomic E-state index is 0.0612. The molecule has 1 fully saturated rings. The Labute approximate surface area is 191 Å². The first-order valence-corrected chi connectivity index (χ1v) is 10.6. The summed E-state index contributed by atoms with van der Waals surface area (Å²) in [7, 11) is 1.52. The van der Waals surface area contributed by atoms with E-state index in [-0.39, 0.29) is 30.2 Å². The Morgan fingerprint density at radius 3 is 2.70 bits per heavy atom. The van der Waals surface area contributed by atoms with Crippen molar-refractivity contribution in [3.63, 3.8) is 0 Å². The Kier molecular flexibility index (Phi) is 7.21. The number of rotatable bonds is 9. The number of hydrogen-bond acceptors (Lipinski definition) is 7. The molecule has 172 valence electrons. The molecule has 1 aliphatic rings. The highest BCUT2D eigenvalue weighted by Crippen LogP contribution is 2.21. The van der Waals surface area contributed by atoms with Gasteiger partial charge in [0.25, 0.3) is 11.8 Å². The van der Waals surface area contributed by atoms with Crippen LogP contribution in [0.1, 0.15) is 39.4 Å². The van der Waals surface area contributed by atoms with Crippen LogP contribution in [-0.4, -0.2) is 43.3 Å². The second kappa shape index (κ2) is 10.6. The van der Waals surface area contributed by atoms with E-state index in [0.29, 0.717) is 35.1 Å². The molecule has 1 atom stereocenters. The van der Waals surface area contributed by atoms with Crippen LogP contribution in [0, 0.1) is 0 Å². The molecule has 0 saturated carbocycles. The standard InChI is InChI=1S/C24H25N3O6/c1-30-22-7-3-2-6-20(22)23(28)26-16-8-10-17(11-9-16)32-15-19-13-21(27-33-19)24(29)25-14-18-5-4-12-31-18/h2-3,6-11,13,18H,4-5,12,14-15H2,1H3,(H,25,29)(H,26,28)/t18-/m1/s1. The van der Waals surface area contributed by atoms with Crippen molar-refractivity contribution in [2.75, 3.05) is 25.6 Å². The second-order valence-electron chi connectivity index (χ2n) is 7.49. The van der Waals surface area contributed by atoms with E-state index in [1.165, 1.54) is 7.11 Å². The lowest BCUT2D eigenvalue weighted by atomic mass is 10.2. The minimum atomic E-state index is -0.310. The van der Waals surface area contributed by atoms with Crippen LogP contribution in [0.5, 0.6) is 11.5 Å². The number of methoxy groups -OCH3 is 1. The molecule has 3 aromatic rings. The topological polar surface area (TPSA) is 112 Å². The predicted octanol–water partition coefficient (Wildman–Crippen LogP) is 3.42. The first-order valence-electron chi connectivity index (χ1n) is 10.6. The Balaban J connectivity index is 1.26. The smallest absolute Gasteiger partial charge is 0.273 e. The molecule has 0 aliphatic carbocycles. The fourth-order valence-electron chi connectivity index (χ4n) is 3.41. The van der Waals surface area contributed by atoms with Gasteiger partial charge in [0.05, 0.1) is 18.8 Å². The molecule has 33 heavy (non-hydrogen) atoms. The molecule has 2 N–H and O–H groups in total. The molecule has 1 aromatic heterocycles. The van der Waals surface area contributed by atoms with Gasteiger partial charge in [0.15, 0.2) is 11.5 Å². The zero-order valence-electron chi connectivity index (χ0n) is 18.2. The van der Waals surface area contributed by atoms with E-state index in [1.807, 2.05) is 0 Å². The van der Waals surface area contributed by atoms with Crippen molar-refractivity contribution in [1.82, 2.24) is 10.5 Å². The van der Waals surface area contributed by atoms with Crippen LogP contribution in [0.2, 0.25) is 0 Å². The monoisotopic (exact) mass is 451 g/mol. The largest absolute Gasteiger partial charge is 0.496 e. The number of carbonyl (C=O) groups is 2. The second-order valence-corrected chi connectivity index (χ2v) is 7.49. The molecule has 1 aliphatic heterocycles. The lowest BCUT2D eigenvalue weighted by molar-refractivity contribution is 0.0850. The van der Waals surface area contributed by atoms with Gasteiger partial charge in [0.1, 0.15) is 18.1 Å². The van der Waals surface area contributed by atoms with Crippen LogP contribution in [0.4, 0.5) is 5.69 Å². The number of amides is 2. The Bertz CT molecular complexity index is 1090. The number of nitrogens with zero attached hydrogens (tertiary/aromatic N) is 1. The van der Waals surface area contributed by atoms with Gasteiger partial charge in [-0.1, -0.05) is 17.3 Å². The molecule has 0 spiro atoms. The van der Waals surface area contributed by atoms with E-state index in [9.17, 15) is 9.59 Å². The van der Waals surface area contributed by atoms with E-state index in [0.717, 1.165) is 19.4 Å². The lowest BCUT2D eigenvalue weighted by Crippen LogP contribution is -2.31. The average Bonchev–Trinajstić information content (AvgIpc) is 3.54. The van der Waals surface area contributed by atoms with Gasteiger partial charge in [0.2, 0.25) is 0 Å². The number of aromatic nitrogens is 1. The lowest BCUT2D eigenvalue weighted by Gasteiger charge is -2.10. The number of ether oxygens (including phenoxy) is 3. The van der Waals surface area contributed by atoms with Crippen LogP contribution >= 0.6 is 0 Å². The van der Waals surface area contributed by atoms with Crippen molar-refractivity contribution in [2.24, 2.45) is 0 Å². The summed E-state index contributed by atoms with van der Waals surface area (Å²) < 4.78 is 21.6. The third-order valence-corrected chi connectivity index (χ3v) is 5.15. The fourth-order valence-corrected chi connectivity index (χ4v) is 3.41. The van der Waals surface area contributed by atoms with Gasteiger partial charge >= 0.3 is 0 Å². The van der Waals surface area contributed by atoms with E-state index < -0.39 is 0 Å². The van der Waals surface area contributed by atoms with Crippen LogP contribution < -0.4 is 20.1 Å². The Morgan fingerprint density at radius 2 is 1.94 bits per heavy atom. The number of anilines is 1. The van der Waals surface area contributed by atoms with Crippen LogP contribution in [0.3, 0.4) is 0 Å². The predicted molar refractivity (Wildman–Crippen MR) is 120 cm³/mol. The quantitative estimate of drug-likeness (QED) is 0.513. The van der Waals surface area contributed by atoms with Gasteiger partial charge in [-0.05, 0) is 49.2 Å². The van der Waals surface area contributed by atoms with E-state index in [4.69, 9.17) is 18.7 Å². The zero-order chi connectivity index (χ0) is 23.0. The van der Waals surface area contributed by atoms with E-state index >= 15 is 0 Å².